The van der Waals surface area contributed by atoms with Gasteiger partial charge in [0.15, 0.2) is 0 Å². The second-order valence-electron chi connectivity index (χ2n) is 7.05. The van der Waals surface area contributed by atoms with Crippen LogP contribution in [0.25, 0.3) is 0 Å². The van der Waals surface area contributed by atoms with Crippen LogP contribution in [0.5, 0.6) is 0 Å². The smallest absolute Gasteiger partial charge is 0.112 e. The Morgan fingerprint density at radius 1 is 1.29 bits per heavy atom. The summed E-state index contributed by atoms with van der Waals surface area (Å²) in [5.74, 6) is 2.08. The zero-order valence-electron chi connectivity index (χ0n) is 13.9. The maximum Gasteiger partial charge on any atom is 0.112 e. The van der Waals surface area contributed by atoms with Crippen LogP contribution in [-0.4, -0.2) is 41.1 Å². The van der Waals surface area contributed by atoms with Crippen molar-refractivity contribution in [2.24, 2.45) is 0 Å². The van der Waals surface area contributed by atoms with Gasteiger partial charge in [0, 0.05) is 43.7 Å². The largest absolute Gasteiger partial charge is 0.330 e. The average Bonchev–Trinajstić information content (AvgIpc) is 2.87. The Bertz CT molecular complexity index is 471. The molecular formula is C17H30N4. The third-order valence-electron chi connectivity index (χ3n) is 5.31. The van der Waals surface area contributed by atoms with Gasteiger partial charge in [0.2, 0.25) is 0 Å². The highest BCUT2D eigenvalue weighted by Crippen LogP contribution is 2.34. The van der Waals surface area contributed by atoms with Gasteiger partial charge in [-0.3, -0.25) is 0 Å². The van der Waals surface area contributed by atoms with E-state index in [0.717, 1.165) is 26.1 Å². The van der Waals surface area contributed by atoms with E-state index in [4.69, 9.17) is 4.98 Å². The standard InChI is InChI=1S/C17H30N4/c1-13(20(2)3)12-21-16-9-10-18-11-15(16)19-17(21)14-7-5-4-6-8-14/h13-14,18H,4-12H2,1-3H3. The highest BCUT2D eigenvalue weighted by molar-refractivity contribution is 5.22. The average molecular weight is 290 g/mol. The minimum absolute atomic E-state index is 0.556. The summed E-state index contributed by atoms with van der Waals surface area (Å²) in [5, 5.41) is 3.47. The highest BCUT2D eigenvalue weighted by Gasteiger charge is 2.27. The quantitative estimate of drug-likeness (QED) is 0.925. The Balaban J connectivity index is 1.91. The summed E-state index contributed by atoms with van der Waals surface area (Å²) in [6.45, 7) is 5.46. The topological polar surface area (TPSA) is 33.1 Å². The molecule has 21 heavy (non-hydrogen) atoms. The zero-order valence-corrected chi connectivity index (χ0v) is 13.9. The van der Waals surface area contributed by atoms with Crippen LogP contribution >= 0.6 is 0 Å². The molecule has 1 aromatic heterocycles. The summed E-state index contributed by atoms with van der Waals surface area (Å²) in [6.07, 6.45) is 7.97. The lowest BCUT2D eigenvalue weighted by atomic mass is 9.88. The first-order valence-corrected chi connectivity index (χ1v) is 8.62. The van der Waals surface area contributed by atoms with Crippen LogP contribution in [0.3, 0.4) is 0 Å². The first kappa shape index (κ1) is 15.0. The fourth-order valence-electron chi connectivity index (χ4n) is 3.70. The summed E-state index contributed by atoms with van der Waals surface area (Å²) >= 11 is 0. The number of nitrogens with zero attached hydrogens (tertiary/aromatic N) is 3. The van der Waals surface area contributed by atoms with Crippen molar-refractivity contribution in [3.8, 4) is 0 Å². The first-order valence-electron chi connectivity index (χ1n) is 8.62. The van der Waals surface area contributed by atoms with Crippen molar-refractivity contribution >= 4 is 0 Å². The van der Waals surface area contributed by atoms with Gasteiger partial charge < -0.3 is 14.8 Å². The maximum absolute atomic E-state index is 5.07. The van der Waals surface area contributed by atoms with Crippen LogP contribution in [0.4, 0.5) is 0 Å². The second-order valence-corrected chi connectivity index (χ2v) is 7.05. The molecule has 0 aromatic carbocycles. The fraction of sp³-hybridized carbons (Fsp3) is 0.824. The SMILES string of the molecule is CC(Cn1c(C2CCCCC2)nc2c1CCNC2)N(C)C. The van der Waals surface area contributed by atoms with E-state index in [1.807, 2.05) is 0 Å². The molecule has 3 rings (SSSR count). The summed E-state index contributed by atoms with van der Waals surface area (Å²) < 4.78 is 2.58. The third kappa shape index (κ3) is 3.16. The lowest BCUT2D eigenvalue weighted by Gasteiger charge is -2.27. The Hall–Kier alpha value is -0.870. The van der Waals surface area contributed by atoms with Gasteiger partial charge in [0.25, 0.3) is 0 Å². The number of imidazole rings is 1. The van der Waals surface area contributed by atoms with E-state index in [2.05, 4.69) is 35.8 Å². The minimum Gasteiger partial charge on any atom is -0.330 e. The van der Waals surface area contributed by atoms with E-state index in [9.17, 15) is 0 Å². The third-order valence-corrected chi connectivity index (χ3v) is 5.31. The minimum atomic E-state index is 0.556. The van der Waals surface area contributed by atoms with Crippen molar-refractivity contribution in [2.45, 2.75) is 70.5 Å². The Labute approximate surface area is 128 Å². The Morgan fingerprint density at radius 3 is 2.76 bits per heavy atom. The normalized spacial score (nSPS) is 21.5. The van der Waals surface area contributed by atoms with Crippen molar-refractivity contribution in [1.29, 1.82) is 0 Å². The lowest BCUT2D eigenvalue weighted by Crippen LogP contribution is -2.32. The van der Waals surface area contributed by atoms with E-state index in [0.29, 0.717) is 12.0 Å². The van der Waals surface area contributed by atoms with Crippen LogP contribution in [0.1, 0.15) is 62.2 Å². The number of hydrogen-bond donors (Lipinski definition) is 1. The summed E-state index contributed by atoms with van der Waals surface area (Å²) in [4.78, 5) is 7.39. The molecule has 1 fully saturated rings. The maximum atomic E-state index is 5.07. The predicted octanol–water partition coefficient (Wildman–Crippen LogP) is 2.53. The van der Waals surface area contributed by atoms with E-state index in [1.54, 1.807) is 0 Å². The number of likely N-dealkylation sites (N-methyl/N-ethyl adjacent to an activating group) is 1. The molecule has 118 valence electrons. The van der Waals surface area contributed by atoms with Gasteiger partial charge in [-0.25, -0.2) is 4.98 Å². The van der Waals surface area contributed by atoms with Gasteiger partial charge in [0.05, 0.1) is 5.69 Å². The molecule has 1 unspecified atom stereocenters. The molecule has 0 amide bonds. The van der Waals surface area contributed by atoms with Crippen LogP contribution < -0.4 is 5.32 Å². The monoisotopic (exact) mass is 290 g/mol. The summed E-state index contributed by atoms with van der Waals surface area (Å²) in [5.41, 5.74) is 2.82. The second kappa shape index (κ2) is 6.49. The molecule has 0 bridgehead atoms. The van der Waals surface area contributed by atoms with Gasteiger partial charge in [-0.15, -0.1) is 0 Å². The number of aromatic nitrogens is 2. The molecule has 0 spiro atoms. The van der Waals surface area contributed by atoms with E-state index in [-0.39, 0.29) is 0 Å². The molecule has 2 heterocycles. The fourth-order valence-corrected chi connectivity index (χ4v) is 3.70. The number of nitrogens with one attached hydrogen (secondary N) is 1. The van der Waals surface area contributed by atoms with Gasteiger partial charge >= 0.3 is 0 Å². The molecule has 0 radical (unpaired) electrons. The summed E-state index contributed by atoms with van der Waals surface area (Å²) in [7, 11) is 4.35. The number of fused-ring (bicyclic) bond motifs is 1. The van der Waals surface area contributed by atoms with E-state index in [1.165, 1.54) is 49.3 Å². The van der Waals surface area contributed by atoms with Gasteiger partial charge in [-0.05, 0) is 33.9 Å². The molecule has 4 nitrogen and oxygen atoms in total. The van der Waals surface area contributed by atoms with Gasteiger partial charge in [-0.2, -0.15) is 0 Å². The molecule has 0 saturated heterocycles. The van der Waals surface area contributed by atoms with Gasteiger partial charge in [0.1, 0.15) is 5.82 Å². The van der Waals surface area contributed by atoms with E-state index < -0.39 is 0 Å². The first-order chi connectivity index (χ1) is 10.2. The molecule has 1 aliphatic heterocycles. The number of rotatable bonds is 4. The van der Waals surface area contributed by atoms with Gasteiger partial charge in [-0.1, -0.05) is 19.3 Å². The van der Waals surface area contributed by atoms with Crippen molar-refractivity contribution in [1.82, 2.24) is 19.8 Å². The lowest BCUT2D eigenvalue weighted by molar-refractivity contribution is 0.275. The van der Waals surface area contributed by atoms with Crippen molar-refractivity contribution in [3.05, 3.63) is 17.2 Å². The Kier molecular flexibility index (Phi) is 4.65. The van der Waals surface area contributed by atoms with Crippen LogP contribution in [-0.2, 0) is 19.5 Å². The molecule has 1 aromatic rings. The molecule has 1 aliphatic carbocycles. The van der Waals surface area contributed by atoms with Crippen molar-refractivity contribution in [3.63, 3.8) is 0 Å². The molecule has 4 heteroatoms. The zero-order chi connectivity index (χ0) is 14.8. The molecule has 1 atom stereocenters. The van der Waals surface area contributed by atoms with Crippen LogP contribution in [0.15, 0.2) is 0 Å². The highest BCUT2D eigenvalue weighted by atomic mass is 15.2. The molecule has 2 aliphatic rings. The van der Waals surface area contributed by atoms with Crippen molar-refractivity contribution < 1.29 is 0 Å². The molecule has 1 saturated carbocycles. The molecule has 1 N–H and O–H groups in total. The van der Waals surface area contributed by atoms with E-state index >= 15 is 0 Å². The van der Waals surface area contributed by atoms with Crippen molar-refractivity contribution in [2.75, 3.05) is 20.6 Å². The molecular weight excluding hydrogens is 260 g/mol. The summed E-state index contributed by atoms with van der Waals surface area (Å²) in [6, 6.07) is 0.556. The van der Waals surface area contributed by atoms with Crippen LogP contribution in [0.2, 0.25) is 0 Å². The Morgan fingerprint density at radius 2 is 2.05 bits per heavy atom. The predicted molar refractivity (Wildman–Crippen MR) is 86.6 cm³/mol. The number of hydrogen-bond acceptors (Lipinski definition) is 3. The van der Waals surface area contributed by atoms with Crippen LogP contribution in [0, 0.1) is 0 Å².